The molecule has 2 amide bonds. The van der Waals surface area contributed by atoms with Crippen molar-refractivity contribution >= 4 is 41.4 Å². The first-order chi connectivity index (χ1) is 20.6. The highest BCUT2D eigenvalue weighted by Gasteiger charge is 2.37. The van der Waals surface area contributed by atoms with Crippen LogP contribution in [0.5, 0.6) is 0 Å². The summed E-state index contributed by atoms with van der Waals surface area (Å²) in [5.74, 6) is -0.370. The number of nitrogens with zero attached hydrogens (tertiary/aromatic N) is 6. The number of nitrogens with one attached hydrogen (secondary N) is 3. The Bertz CT molecular complexity index is 1670. The zero-order chi connectivity index (χ0) is 30.3. The number of fused-ring (bicyclic) bond motifs is 1. The van der Waals surface area contributed by atoms with Gasteiger partial charge in [-0.1, -0.05) is 0 Å². The number of piperidine rings is 1. The number of amides is 2. The number of carbonyl (C=O) groups excluding carboxylic acids is 2. The van der Waals surface area contributed by atoms with Crippen molar-refractivity contribution in [1.82, 2.24) is 39.7 Å². The van der Waals surface area contributed by atoms with E-state index in [9.17, 15) is 27.9 Å². The summed E-state index contributed by atoms with van der Waals surface area (Å²) in [4.78, 5) is 38.3. The Hall–Kier alpha value is -4.21. The van der Waals surface area contributed by atoms with Crippen LogP contribution in [0.3, 0.4) is 0 Å². The van der Waals surface area contributed by atoms with Gasteiger partial charge in [0, 0.05) is 56.4 Å². The molecule has 4 aromatic rings. The zero-order valence-electron chi connectivity index (χ0n) is 23.6. The number of piperazine rings is 1. The number of benzene rings is 1. The molecule has 2 unspecified atom stereocenters. The Morgan fingerprint density at radius 2 is 1.84 bits per heavy atom. The second-order valence-corrected chi connectivity index (χ2v) is 10.7. The van der Waals surface area contributed by atoms with E-state index in [2.05, 4.69) is 25.7 Å². The molecule has 6 rings (SSSR count). The van der Waals surface area contributed by atoms with Crippen molar-refractivity contribution in [3.8, 4) is 11.3 Å². The van der Waals surface area contributed by atoms with Crippen molar-refractivity contribution in [2.45, 2.75) is 25.6 Å². The van der Waals surface area contributed by atoms with Crippen LogP contribution in [-0.2, 0) is 11.0 Å². The standard InChI is InChI=1S/C28H30F3N9O3.ClH/c1-16-12-17(36-24-25-34-15-21(40(25)7-6-33-24)19-14-35-37-23(19)28(29,30)31)2-3-18(16)26(42)38-8-10-39(11-9-38)27(43)20-13-32-5-4-22(20)41;/h2-3,6-7,12,14-15,20,22,32,41H,4-5,8-11,13H2,1H3,(H,33,36)(H,35,37);1H. The molecule has 0 aliphatic carbocycles. The van der Waals surface area contributed by atoms with Gasteiger partial charge in [0.2, 0.25) is 5.91 Å². The number of hydrogen-bond acceptors (Lipinski definition) is 8. The number of alkyl halides is 3. The number of aryl methyl sites for hydroxylation is 1. The summed E-state index contributed by atoms with van der Waals surface area (Å²) < 4.78 is 41.8. The summed E-state index contributed by atoms with van der Waals surface area (Å²) in [5, 5.41) is 22.1. The van der Waals surface area contributed by atoms with Gasteiger partial charge in [-0.25, -0.2) is 9.97 Å². The number of aliphatic hydroxyl groups is 1. The molecule has 2 atom stereocenters. The van der Waals surface area contributed by atoms with Gasteiger partial charge in [-0.15, -0.1) is 12.4 Å². The molecule has 2 aliphatic rings. The fraction of sp³-hybridized carbons (Fsp3) is 0.393. The Kier molecular flexibility index (Phi) is 8.81. The Morgan fingerprint density at radius 3 is 2.55 bits per heavy atom. The van der Waals surface area contributed by atoms with E-state index in [1.807, 2.05) is 12.0 Å². The van der Waals surface area contributed by atoms with Crippen LogP contribution in [0.4, 0.5) is 24.7 Å². The van der Waals surface area contributed by atoms with Crippen LogP contribution in [0.1, 0.15) is 28.0 Å². The topological polar surface area (TPSA) is 144 Å². The molecule has 2 aliphatic heterocycles. The quantitative estimate of drug-likeness (QED) is 0.263. The van der Waals surface area contributed by atoms with Crippen LogP contribution in [0.2, 0.25) is 0 Å². The minimum atomic E-state index is -4.61. The third-order valence-electron chi connectivity index (χ3n) is 7.99. The molecule has 1 aromatic carbocycles. The lowest BCUT2D eigenvalue weighted by atomic mass is 9.94. The molecular formula is C28H31ClF3N9O3. The van der Waals surface area contributed by atoms with Crippen molar-refractivity contribution in [2.24, 2.45) is 5.92 Å². The molecule has 44 heavy (non-hydrogen) atoms. The van der Waals surface area contributed by atoms with E-state index in [0.717, 1.165) is 6.20 Å². The number of H-pyrrole nitrogens is 1. The highest BCUT2D eigenvalue weighted by atomic mass is 35.5. The van der Waals surface area contributed by atoms with Gasteiger partial charge in [-0.2, -0.15) is 18.3 Å². The van der Waals surface area contributed by atoms with Crippen LogP contribution in [0.25, 0.3) is 16.9 Å². The first-order valence-electron chi connectivity index (χ1n) is 13.9. The summed E-state index contributed by atoms with van der Waals surface area (Å²) in [5.41, 5.74) is 1.27. The molecule has 0 saturated carbocycles. The largest absolute Gasteiger partial charge is 0.433 e. The third-order valence-corrected chi connectivity index (χ3v) is 7.99. The van der Waals surface area contributed by atoms with Crippen molar-refractivity contribution in [3.05, 3.63) is 59.8 Å². The van der Waals surface area contributed by atoms with Gasteiger partial charge in [-0.05, 0) is 43.7 Å². The van der Waals surface area contributed by atoms with Crippen LogP contribution in [-0.4, -0.2) is 96.7 Å². The molecule has 12 nitrogen and oxygen atoms in total. The first-order valence-corrected chi connectivity index (χ1v) is 13.9. The molecule has 16 heteroatoms. The van der Waals surface area contributed by atoms with E-state index < -0.39 is 23.9 Å². The Balaban J connectivity index is 0.00000384. The number of rotatable bonds is 5. The van der Waals surface area contributed by atoms with Crippen LogP contribution in [0, 0.1) is 12.8 Å². The van der Waals surface area contributed by atoms with E-state index in [1.54, 1.807) is 28.0 Å². The van der Waals surface area contributed by atoms with Gasteiger partial charge in [0.25, 0.3) is 5.91 Å². The molecule has 0 radical (unpaired) electrons. The molecule has 3 aromatic heterocycles. The molecule has 2 fully saturated rings. The van der Waals surface area contributed by atoms with Crippen molar-refractivity contribution in [3.63, 3.8) is 0 Å². The molecule has 5 heterocycles. The summed E-state index contributed by atoms with van der Waals surface area (Å²) >= 11 is 0. The number of aromatic nitrogens is 5. The lowest BCUT2D eigenvalue weighted by Gasteiger charge is -2.38. The van der Waals surface area contributed by atoms with Gasteiger partial charge < -0.3 is 25.5 Å². The van der Waals surface area contributed by atoms with Gasteiger partial charge in [0.05, 0.1) is 35.7 Å². The number of aromatic amines is 1. The second kappa shape index (κ2) is 12.4. The lowest BCUT2D eigenvalue weighted by Crippen LogP contribution is -2.55. The third kappa shape index (κ3) is 5.94. The Labute approximate surface area is 256 Å². The van der Waals surface area contributed by atoms with Crippen LogP contribution in [0.15, 0.2) is 43.0 Å². The van der Waals surface area contributed by atoms with Gasteiger partial charge in [0.15, 0.2) is 11.5 Å². The van der Waals surface area contributed by atoms with Crippen molar-refractivity contribution in [1.29, 1.82) is 0 Å². The monoisotopic (exact) mass is 633 g/mol. The van der Waals surface area contributed by atoms with Crippen molar-refractivity contribution < 1.29 is 27.9 Å². The van der Waals surface area contributed by atoms with Gasteiger partial charge in [0.1, 0.15) is 5.69 Å². The predicted octanol–water partition coefficient (Wildman–Crippen LogP) is 2.87. The molecule has 234 valence electrons. The average molecular weight is 634 g/mol. The van der Waals surface area contributed by atoms with Crippen LogP contribution >= 0.6 is 12.4 Å². The maximum absolute atomic E-state index is 13.4. The minimum Gasteiger partial charge on any atom is -0.392 e. The van der Waals surface area contributed by atoms with E-state index in [4.69, 9.17) is 0 Å². The summed E-state index contributed by atoms with van der Waals surface area (Å²) in [6, 6.07) is 5.22. The normalized spacial score (nSPS) is 19.1. The van der Waals surface area contributed by atoms with E-state index >= 15 is 0 Å². The molecular weight excluding hydrogens is 603 g/mol. The second-order valence-electron chi connectivity index (χ2n) is 10.7. The lowest BCUT2D eigenvalue weighted by molar-refractivity contribution is -0.142. The van der Waals surface area contributed by atoms with Crippen molar-refractivity contribution in [2.75, 3.05) is 44.6 Å². The van der Waals surface area contributed by atoms with Gasteiger partial charge in [-0.3, -0.25) is 19.1 Å². The maximum atomic E-state index is 13.4. The zero-order valence-corrected chi connectivity index (χ0v) is 24.5. The van der Waals surface area contributed by atoms with Crippen LogP contribution < -0.4 is 10.6 Å². The SMILES string of the molecule is Cc1cc(Nc2nccn3c(-c4cn[nH]c4C(F)(F)F)cnc23)ccc1C(=O)N1CCN(C(=O)C2CNCCC2O)CC1.Cl. The number of imidazole rings is 1. The highest BCUT2D eigenvalue weighted by molar-refractivity contribution is 5.96. The molecule has 0 spiro atoms. The fourth-order valence-corrected chi connectivity index (χ4v) is 5.65. The highest BCUT2D eigenvalue weighted by Crippen LogP contribution is 2.36. The summed E-state index contributed by atoms with van der Waals surface area (Å²) in [7, 11) is 0. The minimum absolute atomic E-state index is 0. The Morgan fingerprint density at radius 1 is 1.09 bits per heavy atom. The molecule has 0 bridgehead atoms. The summed E-state index contributed by atoms with van der Waals surface area (Å²) in [6.45, 7) is 4.54. The number of anilines is 2. The van der Waals surface area contributed by atoms with E-state index in [0.29, 0.717) is 74.0 Å². The fourth-order valence-electron chi connectivity index (χ4n) is 5.65. The predicted molar refractivity (Wildman–Crippen MR) is 157 cm³/mol. The van der Waals surface area contributed by atoms with E-state index in [-0.39, 0.29) is 35.5 Å². The number of carbonyl (C=O) groups is 2. The first kappa shape index (κ1) is 31.2. The average Bonchev–Trinajstić information content (AvgIpc) is 3.65. The molecule has 4 N–H and O–H groups in total. The van der Waals surface area contributed by atoms with E-state index in [1.165, 1.54) is 23.0 Å². The maximum Gasteiger partial charge on any atom is 0.433 e. The van der Waals surface area contributed by atoms with Gasteiger partial charge >= 0.3 is 6.18 Å². The number of hydrogen-bond donors (Lipinski definition) is 4. The number of aliphatic hydroxyl groups excluding tert-OH is 1. The smallest absolute Gasteiger partial charge is 0.392 e. The number of halogens is 4. The summed E-state index contributed by atoms with van der Waals surface area (Å²) in [6.07, 6.45) is 0.689. The molecule has 2 saturated heterocycles.